The first-order chi connectivity index (χ1) is 13.5. The van der Waals surface area contributed by atoms with Crippen molar-refractivity contribution in [2.45, 2.75) is 32.9 Å². The highest BCUT2D eigenvalue weighted by atomic mass is 35.5. The lowest BCUT2D eigenvalue weighted by molar-refractivity contribution is -0.116. The fraction of sp³-hybridized carbons (Fsp3) is 0.350. The average molecular weight is 441 g/mol. The van der Waals surface area contributed by atoms with E-state index < -0.39 is 22.0 Å². The monoisotopic (exact) mass is 440 g/mol. The number of benzene rings is 2. The Labute approximate surface area is 176 Å². The van der Waals surface area contributed by atoms with Crippen LogP contribution in [0.4, 0.5) is 11.4 Å². The summed E-state index contributed by atoms with van der Waals surface area (Å²) in [7, 11) is -2.30. The van der Waals surface area contributed by atoms with Gasteiger partial charge in [-0.05, 0) is 63.2 Å². The van der Waals surface area contributed by atoms with Gasteiger partial charge in [-0.2, -0.15) is 0 Å². The van der Waals surface area contributed by atoms with E-state index >= 15 is 0 Å². The number of nitrogens with zero attached hydrogens (tertiary/aromatic N) is 1. The molecule has 0 aliphatic carbocycles. The van der Waals surface area contributed by atoms with Crippen LogP contribution in [-0.2, 0) is 14.8 Å². The van der Waals surface area contributed by atoms with Gasteiger partial charge in [-0.15, -0.1) is 0 Å². The van der Waals surface area contributed by atoms with Crippen molar-refractivity contribution in [2.24, 2.45) is 0 Å². The third-order valence-electron chi connectivity index (χ3n) is 3.97. The van der Waals surface area contributed by atoms with Crippen molar-refractivity contribution in [3.05, 3.63) is 47.5 Å². The highest BCUT2D eigenvalue weighted by Gasteiger charge is 2.29. The zero-order chi connectivity index (χ0) is 21.8. The molecule has 0 aliphatic rings. The average Bonchev–Trinajstić information content (AvgIpc) is 2.62. The van der Waals surface area contributed by atoms with Crippen LogP contribution in [0.3, 0.4) is 0 Å². The smallest absolute Gasteiger partial charge is 0.247 e. The van der Waals surface area contributed by atoms with Crippen molar-refractivity contribution in [2.75, 3.05) is 23.0 Å². The zero-order valence-electron chi connectivity index (χ0n) is 17.0. The molecule has 0 bridgehead atoms. The number of amides is 1. The number of methoxy groups -OCH3 is 1. The number of hydrogen-bond donors (Lipinski definition) is 1. The van der Waals surface area contributed by atoms with E-state index in [9.17, 15) is 13.2 Å². The summed E-state index contributed by atoms with van der Waals surface area (Å²) in [6.07, 6.45) is 1.07. The predicted octanol–water partition coefficient (Wildman–Crippen LogP) is 3.93. The lowest BCUT2D eigenvalue weighted by Gasteiger charge is -2.28. The van der Waals surface area contributed by atoms with Crippen LogP contribution < -0.4 is 19.1 Å². The molecule has 0 saturated carbocycles. The highest BCUT2D eigenvalue weighted by Crippen LogP contribution is 2.31. The maximum absolute atomic E-state index is 12.7. The fourth-order valence-electron chi connectivity index (χ4n) is 2.74. The Kier molecular flexibility index (Phi) is 7.37. The first-order valence-corrected chi connectivity index (χ1v) is 11.2. The van der Waals surface area contributed by atoms with Crippen LogP contribution in [0.2, 0.25) is 5.02 Å². The van der Waals surface area contributed by atoms with Gasteiger partial charge >= 0.3 is 0 Å². The van der Waals surface area contributed by atoms with Gasteiger partial charge in [0, 0.05) is 5.69 Å². The standard InChI is InChI=1S/C20H25ClN2O5S/c1-13(2)28-17-9-6-15(7-10-17)22-20(24)14(3)23(29(5,25)26)16-8-11-19(27-4)18(21)12-16/h6-14H,1-5H3,(H,22,24)/t14-/m0/s1. The van der Waals surface area contributed by atoms with E-state index in [-0.39, 0.29) is 16.8 Å². The summed E-state index contributed by atoms with van der Waals surface area (Å²) < 4.78 is 36.5. The molecule has 2 aromatic rings. The van der Waals surface area contributed by atoms with Gasteiger partial charge in [-0.25, -0.2) is 8.42 Å². The van der Waals surface area contributed by atoms with Crippen LogP contribution in [0, 0.1) is 0 Å². The van der Waals surface area contributed by atoms with E-state index in [0.29, 0.717) is 17.2 Å². The van der Waals surface area contributed by atoms with E-state index in [0.717, 1.165) is 10.6 Å². The number of rotatable bonds is 8. The van der Waals surface area contributed by atoms with Crippen molar-refractivity contribution >= 4 is 38.9 Å². The van der Waals surface area contributed by atoms with Gasteiger partial charge < -0.3 is 14.8 Å². The van der Waals surface area contributed by atoms with Gasteiger partial charge in [0.1, 0.15) is 17.5 Å². The van der Waals surface area contributed by atoms with E-state index in [4.69, 9.17) is 21.1 Å². The van der Waals surface area contributed by atoms with Crippen molar-refractivity contribution in [3.63, 3.8) is 0 Å². The molecule has 9 heteroatoms. The van der Waals surface area contributed by atoms with Gasteiger partial charge in [0.25, 0.3) is 0 Å². The third-order valence-corrected chi connectivity index (χ3v) is 5.51. The van der Waals surface area contributed by atoms with Gasteiger partial charge in [-0.3, -0.25) is 9.10 Å². The maximum Gasteiger partial charge on any atom is 0.247 e. The maximum atomic E-state index is 12.7. The summed E-state index contributed by atoms with van der Waals surface area (Å²) in [6, 6.07) is 10.4. The second kappa shape index (κ2) is 9.37. The summed E-state index contributed by atoms with van der Waals surface area (Å²) >= 11 is 6.13. The van der Waals surface area contributed by atoms with Gasteiger partial charge in [0.2, 0.25) is 15.9 Å². The van der Waals surface area contributed by atoms with Crippen molar-refractivity contribution in [1.29, 1.82) is 0 Å². The Balaban J connectivity index is 2.24. The molecule has 2 rings (SSSR count). The van der Waals surface area contributed by atoms with Gasteiger partial charge in [0.05, 0.1) is 30.2 Å². The number of ether oxygens (including phenoxy) is 2. The first-order valence-electron chi connectivity index (χ1n) is 8.93. The minimum Gasteiger partial charge on any atom is -0.495 e. The Morgan fingerprint density at radius 3 is 2.21 bits per heavy atom. The molecular weight excluding hydrogens is 416 g/mol. The second-order valence-corrected chi connectivity index (χ2v) is 9.00. The van der Waals surface area contributed by atoms with Crippen LogP contribution in [-0.4, -0.2) is 39.8 Å². The van der Waals surface area contributed by atoms with E-state index in [1.54, 1.807) is 30.3 Å². The number of halogens is 1. The lowest BCUT2D eigenvalue weighted by atomic mass is 10.2. The van der Waals surface area contributed by atoms with E-state index in [1.165, 1.54) is 26.2 Å². The highest BCUT2D eigenvalue weighted by molar-refractivity contribution is 7.92. The molecule has 7 nitrogen and oxygen atoms in total. The minimum absolute atomic E-state index is 0.0371. The van der Waals surface area contributed by atoms with Crippen molar-refractivity contribution < 1.29 is 22.7 Å². The van der Waals surface area contributed by atoms with E-state index in [1.807, 2.05) is 13.8 Å². The number of carbonyl (C=O) groups is 1. The molecule has 0 aliphatic heterocycles. The van der Waals surface area contributed by atoms with Crippen LogP contribution in [0.25, 0.3) is 0 Å². The van der Waals surface area contributed by atoms with Crippen molar-refractivity contribution in [1.82, 2.24) is 0 Å². The summed E-state index contributed by atoms with van der Waals surface area (Å²) in [6.45, 7) is 5.34. The lowest BCUT2D eigenvalue weighted by Crippen LogP contribution is -2.45. The molecule has 0 radical (unpaired) electrons. The molecule has 2 aromatic carbocycles. The molecule has 1 N–H and O–H groups in total. The normalized spacial score (nSPS) is 12.4. The molecule has 29 heavy (non-hydrogen) atoms. The second-order valence-electron chi connectivity index (χ2n) is 6.73. The minimum atomic E-state index is -3.76. The van der Waals surface area contributed by atoms with Crippen molar-refractivity contribution in [3.8, 4) is 11.5 Å². The Hall–Kier alpha value is -2.45. The zero-order valence-corrected chi connectivity index (χ0v) is 18.5. The quantitative estimate of drug-likeness (QED) is 0.672. The third kappa shape index (κ3) is 6.01. The Bertz CT molecular complexity index is 961. The molecule has 0 unspecified atom stereocenters. The van der Waals surface area contributed by atoms with Crippen LogP contribution >= 0.6 is 11.6 Å². The summed E-state index contributed by atoms with van der Waals surface area (Å²) in [5.74, 6) is 0.598. The number of sulfonamides is 1. The Morgan fingerprint density at radius 2 is 1.72 bits per heavy atom. The molecule has 1 amide bonds. The molecule has 0 fully saturated rings. The van der Waals surface area contributed by atoms with Crippen LogP contribution in [0.15, 0.2) is 42.5 Å². The number of hydrogen-bond acceptors (Lipinski definition) is 5. The Morgan fingerprint density at radius 1 is 1.10 bits per heavy atom. The molecule has 0 heterocycles. The first kappa shape index (κ1) is 22.8. The molecule has 0 spiro atoms. The molecule has 158 valence electrons. The van der Waals surface area contributed by atoms with Gasteiger partial charge in [0.15, 0.2) is 0 Å². The van der Waals surface area contributed by atoms with E-state index in [2.05, 4.69) is 5.32 Å². The predicted molar refractivity (Wildman–Crippen MR) is 116 cm³/mol. The SMILES string of the molecule is COc1ccc(N([C@@H](C)C(=O)Nc2ccc(OC(C)C)cc2)S(C)(=O)=O)cc1Cl. The summed E-state index contributed by atoms with van der Waals surface area (Å²) in [5, 5.41) is 2.97. The topological polar surface area (TPSA) is 84.9 Å². The largest absolute Gasteiger partial charge is 0.495 e. The van der Waals surface area contributed by atoms with Crippen LogP contribution in [0.5, 0.6) is 11.5 Å². The van der Waals surface area contributed by atoms with Gasteiger partial charge in [-0.1, -0.05) is 11.6 Å². The number of nitrogens with one attached hydrogen (secondary N) is 1. The molecule has 0 aromatic heterocycles. The number of carbonyl (C=O) groups excluding carboxylic acids is 1. The molecule has 0 saturated heterocycles. The summed E-state index contributed by atoms with van der Waals surface area (Å²) in [4.78, 5) is 12.7. The fourth-order valence-corrected chi connectivity index (χ4v) is 4.16. The molecular formula is C20H25ClN2O5S. The van der Waals surface area contributed by atoms with Crippen LogP contribution in [0.1, 0.15) is 20.8 Å². The molecule has 1 atom stereocenters. The summed E-state index contributed by atoms with van der Waals surface area (Å²) in [5.41, 5.74) is 0.792. The number of anilines is 2.